The summed E-state index contributed by atoms with van der Waals surface area (Å²) in [6.45, 7) is 1.98. The standard InChI is InChI=1S/C12H12O2/c1-8-7-10-11(14-12(10)13-8)9-5-3-2-4-6-9/h2-7,10-12H,1H3/t10-,11-,12+/m1/s1. The van der Waals surface area contributed by atoms with Crippen molar-refractivity contribution in [1.29, 1.82) is 0 Å². The second-order valence-electron chi connectivity index (χ2n) is 3.81. The lowest BCUT2D eigenvalue weighted by Crippen LogP contribution is -2.39. The zero-order chi connectivity index (χ0) is 9.54. The molecule has 0 spiro atoms. The van der Waals surface area contributed by atoms with Crippen molar-refractivity contribution in [3.05, 3.63) is 47.7 Å². The lowest BCUT2D eigenvalue weighted by Gasteiger charge is -2.38. The Hall–Kier alpha value is -1.28. The van der Waals surface area contributed by atoms with Crippen LogP contribution >= 0.6 is 0 Å². The summed E-state index contributed by atoms with van der Waals surface area (Å²) in [6, 6.07) is 10.3. The summed E-state index contributed by atoms with van der Waals surface area (Å²) in [5, 5.41) is 0. The summed E-state index contributed by atoms with van der Waals surface area (Å²) < 4.78 is 11.1. The van der Waals surface area contributed by atoms with Crippen LogP contribution < -0.4 is 0 Å². The number of rotatable bonds is 1. The van der Waals surface area contributed by atoms with Crippen LogP contribution in [0.3, 0.4) is 0 Å². The van der Waals surface area contributed by atoms with Crippen LogP contribution in [0, 0.1) is 5.92 Å². The molecule has 2 aliphatic heterocycles. The quantitative estimate of drug-likeness (QED) is 0.674. The van der Waals surface area contributed by atoms with Crippen molar-refractivity contribution < 1.29 is 9.47 Å². The maximum Gasteiger partial charge on any atom is 0.209 e. The van der Waals surface area contributed by atoms with E-state index in [1.807, 2.05) is 25.1 Å². The van der Waals surface area contributed by atoms with Crippen LogP contribution in [-0.2, 0) is 9.47 Å². The van der Waals surface area contributed by atoms with Gasteiger partial charge in [0.2, 0.25) is 6.29 Å². The van der Waals surface area contributed by atoms with Gasteiger partial charge in [-0.25, -0.2) is 0 Å². The van der Waals surface area contributed by atoms with Crippen molar-refractivity contribution in [3.63, 3.8) is 0 Å². The number of fused-ring (bicyclic) bond motifs is 1. The first kappa shape index (κ1) is 8.06. The predicted octanol–water partition coefficient (Wildman–Crippen LogP) is 2.63. The van der Waals surface area contributed by atoms with Crippen molar-refractivity contribution in [3.8, 4) is 0 Å². The van der Waals surface area contributed by atoms with Gasteiger partial charge in [-0.3, -0.25) is 0 Å². The van der Waals surface area contributed by atoms with E-state index in [4.69, 9.17) is 9.47 Å². The highest BCUT2D eigenvalue weighted by Gasteiger charge is 2.47. The molecular weight excluding hydrogens is 176 g/mol. The van der Waals surface area contributed by atoms with Crippen molar-refractivity contribution in [2.45, 2.75) is 19.3 Å². The predicted molar refractivity (Wildman–Crippen MR) is 52.4 cm³/mol. The van der Waals surface area contributed by atoms with E-state index in [1.165, 1.54) is 5.56 Å². The van der Waals surface area contributed by atoms with Gasteiger partial charge in [0, 0.05) is 0 Å². The van der Waals surface area contributed by atoms with E-state index in [2.05, 4.69) is 18.2 Å². The third kappa shape index (κ3) is 1.07. The molecule has 2 heteroatoms. The average Bonchev–Trinajstić information content (AvgIpc) is 2.47. The molecule has 0 radical (unpaired) electrons. The Morgan fingerprint density at radius 2 is 1.93 bits per heavy atom. The van der Waals surface area contributed by atoms with Crippen molar-refractivity contribution >= 4 is 0 Å². The molecule has 2 heterocycles. The lowest BCUT2D eigenvalue weighted by atomic mass is 9.90. The van der Waals surface area contributed by atoms with Crippen LogP contribution in [0.15, 0.2) is 42.2 Å². The third-order valence-corrected chi connectivity index (χ3v) is 2.80. The van der Waals surface area contributed by atoms with Gasteiger partial charge in [0.05, 0.1) is 17.8 Å². The molecule has 72 valence electrons. The molecule has 1 saturated heterocycles. The summed E-state index contributed by atoms with van der Waals surface area (Å²) in [6.07, 6.45) is 2.32. The molecular formula is C12H12O2. The first-order valence-electron chi connectivity index (χ1n) is 4.90. The van der Waals surface area contributed by atoms with Crippen molar-refractivity contribution in [2.75, 3.05) is 0 Å². The smallest absolute Gasteiger partial charge is 0.209 e. The number of hydrogen-bond acceptors (Lipinski definition) is 2. The summed E-state index contributed by atoms with van der Waals surface area (Å²) in [5.41, 5.74) is 1.24. The molecule has 0 aliphatic carbocycles. The molecule has 2 aliphatic rings. The minimum absolute atomic E-state index is 0.0276. The molecule has 3 rings (SSSR count). The molecule has 1 aromatic carbocycles. The summed E-state index contributed by atoms with van der Waals surface area (Å²) in [7, 11) is 0. The summed E-state index contributed by atoms with van der Waals surface area (Å²) in [5.74, 6) is 1.40. The molecule has 1 fully saturated rings. The zero-order valence-corrected chi connectivity index (χ0v) is 8.01. The third-order valence-electron chi connectivity index (χ3n) is 2.80. The Bertz CT molecular complexity index is 369. The van der Waals surface area contributed by atoms with Crippen LogP contribution in [0.5, 0.6) is 0 Å². The maximum atomic E-state index is 5.65. The molecule has 0 bridgehead atoms. The van der Waals surface area contributed by atoms with Crippen molar-refractivity contribution in [1.82, 2.24) is 0 Å². The monoisotopic (exact) mass is 188 g/mol. The maximum absolute atomic E-state index is 5.65. The van der Waals surface area contributed by atoms with Gasteiger partial charge in [0.1, 0.15) is 0 Å². The SMILES string of the molecule is CC1=C[C@H]2[C@@H](O1)O[C@@H]2c1ccccc1. The average molecular weight is 188 g/mol. The zero-order valence-electron chi connectivity index (χ0n) is 8.01. The van der Waals surface area contributed by atoms with Crippen LogP contribution in [0.25, 0.3) is 0 Å². The second-order valence-corrected chi connectivity index (χ2v) is 3.81. The van der Waals surface area contributed by atoms with Crippen LogP contribution in [-0.4, -0.2) is 6.29 Å². The molecule has 0 aromatic heterocycles. The fourth-order valence-electron chi connectivity index (χ4n) is 2.09. The largest absolute Gasteiger partial charge is 0.469 e. The number of allylic oxidation sites excluding steroid dienone is 1. The Morgan fingerprint density at radius 1 is 1.14 bits per heavy atom. The van der Waals surface area contributed by atoms with E-state index >= 15 is 0 Å². The second kappa shape index (κ2) is 2.85. The lowest BCUT2D eigenvalue weighted by molar-refractivity contribution is -0.261. The highest BCUT2D eigenvalue weighted by atomic mass is 16.7. The first-order valence-corrected chi connectivity index (χ1v) is 4.90. The molecule has 1 aromatic rings. The van der Waals surface area contributed by atoms with E-state index in [1.54, 1.807) is 0 Å². The topological polar surface area (TPSA) is 18.5 Å². The first-order chi connectivity index (χ1) is 6.84. The number of hydrogen-bond donors (Lipinski definition) is 0. The van der Waals surface area contributed by atoms with Crippen LogP contribution in [0.2, 0.25) is 0 Å². The molecule has 0 amide bonds. The van der Waals surface area contributed by atoms with E-state index in [0.717, 1.165) is 5.76 Å². The summed E-state index contributed by atoms with van der Waals surface area (Å²) >= 11 is 0. The minimum Gasteiger partial charge on any atom is -0.469 e. The molecule has 2 nitrogen and oxygen atoms in total. The normalized spacial score (nSPS) is 34.1. The fourth-order valence-corrected chi connectivity index (χ4v) is 2.09. The molecule has 14 heavy (non-hydrogen) atoms. The highest BCUT2D eigenvalue weighted by Crippen LogP contribution is 2.46. The molecule has 3 atom stereocenters. The van der Waals surface area contributed by atoms with Gasteiger partial charge in [0.15, 0.2) is 0 Å². The van der Waals surface area contributed by atoms with Crippen LogP contribution in [0.1, 0.15) is 18.6 Å². The van der Waals surface area contributed by atoms with Crippen molar-refractivity contribution in [2.24, 2.45) is 5.92 Å². The Morgan fingerprint density at radius 3 is 2.64 bits per heavy atom. The van der Waals surface area contributed by atoms with Gasteiger partial charge in [-0.2, -0.15) is 0 Å². The van der Waals surface area contributed by atoms with Gasteiger partial charge in [-0.1, -0.05) is 30.3 Å². The molecule has 0 unspecified atom stereocenters. The number of benzene rings is 1. The summed E-state index contributed by atoms with van der Waals surface area (Å²) in [4.78, 5) is 0. The van der Waals surface area contributed by atoms with E-state index in [-0.39, 0.29) is 12.4 Å². The highest BCUT2D eigenvalue weighted by molar-refractivity contribution is 5.24. The Kier molecular flexibility index (Phi) is 1.64. The fraction of sp³-hybridized carbons (Fsp3) is 0.333. The van der Waals surface area contributed by atoms with Gasteiger partial charge < -0.3 is 9.47 Å². The Balaban J connectivity index is 1.84. The van der Waals surface area contributed by atoms with Gasteiger partial charge in [-0.05, 0) is 18.6 Å². The van der Waals surface area contributed by atoms with Crippen LogP contribution in [0.4, 0.5) is 0 Å². The van der Waals surface area contributed by atoms with Gasteiger partial charge >= 0.3 is 0 Å². The number of ether oxygens (including phenoxy) is 2. The molecule has 0 saturated carbocycles. The van der Waals surface area contributed by atoms with Gasteiger partial charge in [0.25, 0.3) is 0 Å². The van der Waals surface area contributed by atoms with E-state index in [0.29, 0.717) is 5.92 Å². The van der Waals surface area contributed by atoms with E-state index in [9.17, 15) is 0 Å². The van der Waals surface area contributed by atoms with Gasteiger partial charge in [-0.15, -0.1) is 0 Å². The minimum atomic E-state index is -0.0276. The Labute approximate surface area is 83.1 Å². The molecule has 0 N–H and O–H groups in total. The van der Waals surface area contributed by atoms with E-state index < -0.39 is 0 Å².